The summed E-state index contributed by atoms with van der Waals surface area (Å²) in [5.41, 5.74) is 2.36. The lowest BCUT2D eigenvalue weighted by atomic mass is 10.1. The normalized spacial score (nSPS) is 11.8. The molecule has 2 rings (SSSR count). The zero-order chi connectivity index (χ0) is 10.3. The molecule has 0 unspecified atom stereocenters. The molecule has 0 radical (unpaired) electrons. The van der Waals surface area contributed by atoms with Gasteiger partial charge in [-0.1, -0.05) is 32.1 Å². The maximum absolute atomic E-state index is 4.60. The first kappa shape index (κ1) is 9.65. The summed E-state index contributed by atoms with van der Waals surface area (Å²) in [7, 11) is 0. The summed E-state index contributed by atoms with van der Waals surface area (Å²) in [5, 5.41) is 5.66. The van der Waals surface area contributed by atoms with Crippen molar-refractivity contribution in [1.82, 2.24) is 14.6 Å². The maximum Gasteiger partial charge on any atom is 0.212 e. The molecule has 0 saturated carbocycles. The number of imidazole rings is 1. The molecule has 0 aromatic carbocycles. The first-order valence-corrected chi connectivity index (χ1v) is 5.80. The summed E-state index contributed by atoms with van der Waals surface area (Å²) in [6.45, 7) is 8.55. The van der Waals surface area contributed by atoms with E-state index in [-0.39, 0.29) is 0 Å². The van der Waals surface area contributed by atoms with Gasteiger partial charge < -0.3 is 0 Å². The van der Waals surface area contributed by atoms with E-state index in [0.29, 0.717) is 5.92 Å². The highest BCUT2D eigenvalue weighted by Gasteiger charge is 2.14. The summed E-state index contributed by atoms with van der Waals surface area (Å²) < 4.78 is 1.97. The smallest absolute Gasteiger partial charge is 0.212 e. The summed E-state index contributed by atoms with van der Waals surface area (Å²) in [5.74, 6) is 0.481. The summed E-state index contributed by atoms with van der Waals surface area (Å²) >= 11 is 1.69. The van der Waals surface area contributed by atoms with Crippen LogP contribution in [0, 0.1) is 6.92 Å². The Labute approximate surface area is 87.8 Å². The van der Waals surface area contributed by atoms with Crippen LogP contribution in [0.25, 0.3) is 4.96 Å². The maximum atomic E-state index is 4.60. The van der Waals surface area contributed by atoms with Gasteiger partial charge in [0, 0.05) is 0 Å². The number of rotatable bonds is 2. The molecule has 0 aliphatic carbocycles. The Hall–Kier alpha value is -0.900. The third-order valence-electron chi connectivity index (χ3n) is 2.36. The second-order valence-corrected chi connectivity index (χ2v) is 4.82. The van der Waals surface area contributed by atoms with Crippen LogP contribution in [0.2, 0.25) is 0 Å². The third-order valence-corrected chi connectivity index (χ3v) is 3.41. The van der Waals surface area contributed by atoms with Crippen LogP contribution < -0.4 is 0 Å². The van der Waals surface area contributed by atoms with Crippen LogP contribution in [0.5, 0.6) is 0 Å². The number of hydrogen-bond donors (Lipinski definition) is 0. The average molecular weight is 209 g/mol. The monoisotopic (exact) mass is 209 g/mol. The fourth-order valence-corrected chi connectivity index (χ4v) is 2.48. The van der Waals surface area contributed by atoms with Crippen LogP contribution >= 0.6 is 11.3 Å². The van der Waals surface area contributed by atoms with Gasteiger partial charge in [0.2, 0.25) is 4.96 Å². The van der Waals surface area contributed by atoms with Crippen molar-refractivity contribution in [1.29, 1.82) is 0 Å². The van der Waals surface area contributed by atoms with Crippen molar-refractivity contribution >= 4 is 16.3 Å². The van der Waals surface area contributed by atoms with Crippen molar-refractivity contribution in [2.45, 2.75) is 40.0 Å². The minimum atomic E-state index is 0.481. The predicted molar refractivity (Wildman–Crippen MR) is 59.1 cm³/mol. The predicted octanol–water partition coefficient (Wildman–Crippen LogP) is 2.79. The van der Waals surface area contributed by atoms with Gasteiger partial charge >= 0.3 is 0 Å². The minimum absolute atomic E-state index is 0.481. The van der Waals surface area contributed by atoms with E-state index in [1.54, 1.807) is 11.3 Å². The molecular weight excluding hydrogens is 194 g/mol. The lowest BCUT2D eigenvalue weighted by Crippen LogP contribution is -1.94. The largest absolute Gasteiger partial charge is 0.222 e. The number of hydrogen-bond acceptors (Lipinski definition) is 3. The molecule has 0 N–H and O–H groups in total. The van der Waals surface area contributed by atoms with Crippen LogP contribution in [0.1, 0.15) is 43.1 Å². The van der Waals surface area contributed by atoms with Crippen LogP contribution in [-0.4, -0.2) is 14.6 Å². The van der Waals surface area contributed by atoms with Gasteiger partial charge in [-0.2, -0.15) is 5.10 Å². The average Bonchev–Trinajstić information content (AvgIpc) is 2.65. The fraction of sp³-hybridized carbons (Fsp3) is 0.600. The molecule has 4 heteroatoms. The molecule has 0 aliphatic heterocycles. The van der Waals surface area contributed by atoms with Gasteiger partial charge in [0.05, 0.1) is 11.4 Å². The van der Waals surface area contributed by atoms with Crippen molar-refractivity contribution in [3.8, 4) is 0 Å². The molecule has 0 atom stereocenters. The lowest BCUT2D eigenvalue weighted by molar-refractivity contribution is 0.805. The van der Waals surface area contributed by atoms with Gasteiger partial charge in [-0.15, -0.1) is 0 Å². The molecule has 0 aliphatic rings. The zero-order valence-electron chi connectivity index (χ0n) is 9.03. The van der Waals surface area contributed by atoms with Gasteiger partial charge in [-0.3, -0.25) is 0 Å². The highest BCUT2D eigenvalue weighted by Crippen LogP contribution is 2.23. The Kier molecular flexibility index (Phi) is 2.31. The van der Waals surface area contributed by atoms with Crippen LogP contribution in [0.4, 0.5) is 0 Å². The highest BCUT2D eigenvalue weighted by atomic mass is 32.1. The molecule has 14 heavy (non-hydrogen) atoms. The van der Waals surface area contributed by atoms with E-state index in [1.165, 1.54) is 11.4 Å². The first-order chi connectivity index (χ1) is 6.63. The highest BCUT2D eigenvalue weighted by molar-refractivity contribution is 7.16. The molecular formula is C10H15N3S. The number of aryl methyl sites for hydroxylation is 2. The van der Waals surface area contributed by atoms with Gasteiger partial charge in [0.15, 0.2) is 0 Å². The van der Waals surface area contributed by atoms with Crippen molar-refractivity contribution in [3.05, 3.63) is 16.4 Å². The Balaban J connectivity index is 2.60. The lowest BCUT2D eigenvalue weighted by Gasteiger charge is -2.00. The van der Waals surface area contributed by atoms with Gasteiger partial charge in [-0.05, 0) is 19.3 Å². The van der Waals surface area contributed by atoms with Crippen LogP contribution in [-0.2, 0) is 6.42 Å². The second-order valence-electron chi connectivity index (χ2n) is 3.78. The van der Waals surface area contributed by atoms with Crippen molar-refractivity contribution in [2.24, 2.45) is 0 Å². The van der Waals surface area contributed by atoms with Crippen molar-refractivity contribution in [2.75, 3.05) is 0 Å². The molecule has 0 saturated heterocycles. The van der Waals surface area contributed by atoms with Crippen LogP contribution in [0.15, 0.2) is 0 Å². The molecule has 0 fully saturated rings. The van der Waals surface area contributed by atoms with E-state index < -0.39 is 0 Å². The van der Waals surface area contributed by atoms with Gasteiger partial charge in [-0.25, -0.2) is 9.50 Å². The number of aromatic nitrogens is 3. The molecule has 3 nitrogen and oxygen atoms in total. The fourth-order valence-electron chi connectivity index (χ4n) is 1.59. The van der Waals surface area contributed by atoms with Crippen molar-refractivity contribution < 1.29 is 0 Å². The van der Waals surface area contributed by atoms with E-state index in [1.807, 2.05) is 4.52 Å². The van der Waals surface area contributed by atoms with E-state index in [9.17, 15) is 0 Å². The summed E-state index contributed by atoms with van der Waals surface area (Å²) in [6.07, 6.45) is 0.991. The summed E-state index contributed by atoms with van der Waals surface area (Å²) in [6, 6.07) is 0. The number of fused-ring (bicyclic) bond motifs is 1. The third kappa shape index (κ3) is 1.34. The van der Waals surface area contributed by atoms with Crippen molar-refractivity contribution in [3.63, 3.8) is 0 Å². The Morgan fingerprint density at radius 1 is 1.43 bits per heavy atom. The number of nitrogens with zero attached hydrogens (tertiary/aromatic N) is 3. The minimum Gasteiger partial charge on any atom is -0.222 e. The topological polar surface area (TPSA) is 30.2 Å². The van der Waals surface area contributed by atoms with E-state index in [0.717, 1.165) is 16.4 Å². The molecule has 2 aromatic heterocycles. The Bertz CT molecular complexity index is 453. The zero-order valence-corrected chi connectivity index (χ0v) is 9.85. The molecule has 0 amide bonds. The molecule has 76 valence electrons. The molecule has 2 aromatic rings. The summed E-state index contributed by atoms with van der Waals surface area (Å²) in [4.78, 5) is 5.63. The first-order valence-electron chi connectivity index (χ1n) is 4.98. The second kappa shape index (κ2) is 3.35. The van der Waals surface area contributed by atoms with Gasteiger partial charge in [0.25, 0.3) is 0 Å². The molecule has 0 bridgehead atoms. The quantitative estimate of drug-likeness (QED) is 0.761. The Morgan fingerprint density at radius 2 is 2.14 bits per heavy atom. The van der Waals surface area contributed by atoms with Gasteiger partial charge in [0.1, 0.15) is 5.01 Å². The van der Waals surface area contributed by atoms with E-state index >= 15 is 0 Å². The molecule has 0 spiro atoms. The molecule has 2 heterocycles. The van der Waals surface area contributed by atoms with E-state index in [4.69, 9.17) is 0 Å². The SMILES string of the molecule is CCc1nn2c(C)c(C(C)C)nc2s1. The standard InChI is InChI=1S/C10H15N3S/c1-5-8-12-13-7(4)9(6(2)3)11-10(13)14-8/h6H,5H2,1-4H3. The van der Waals surface area contributed by atoms with Crippen LogP contribution in [0.3, 0.4) is 0 Å². The van der Waals surface area contributed by atoms with E-state index in [2.05, 4.69) is 37.8 Å². The Morgan fingerprint density at radius 3 is 2.64 bits per heavy atom.